The number of aromatic nitrogens is 2. The number of rotatable bonds is 7. The Kier molecular flexibility index (Phi) is 9.10. The number of amides is 3. The number of thiophene rings is 1. The third-order valence-corrected chi connectivity index (χ3v) is 11.1. The zero-order chi connectivity index (χ0) is 32.5. The maximum Gasteiger partial charge on any atom is 0.242 e. The van der Waals surface area contributed by atoms with Crippen LogP contribution in [-0.4, -0.2) is 90.0 Å². The summed E-state index contributed by atoms with van der Waals surface area (Å²) in [6, 6.07) is 15.7. The lowest BCUT2D eigenvalue weighted by Gasteiger charge is -2.35. The number of hydrogen-bond donors (Lipinski definition) is 0. The van der Waals surface area contributed by atoms with Gasteiger partial charge in [-0.15, -0.1) is 23.1 Å². The molecule has 46 heavy (non-hydrogen) atoms. The van der Waals surface area contributed by atoms with Gasteiger partial charge >= 0.3 is 0 Å². The van der Waals surface area contributed by atoms with E-state index >= 15 is 0 Å². The Balaban J connectivity index is 1.59. The highest BCUT2D eigenvalue weighted by Crippen LogP contribution is 2.52. The molecule has 2 aromatic heterocycles. The first kappa shape index (κ1) is 31.7. The number of carbonyl (C=O) groups excluding carboxylic acids is 3. The van der Waals surface area contributed by atoms with E-state index in [4.69, 9.17) is 14.6 Å². The molecule has 3 amide bonds. The lowest BCUT2D eigenvalue weighted by Crippen LogP contribution is -2.53. The van der Waals surface area contributed by atoms with Gasteiger partial charge < -0.3 is 19.3 Å². The molecule has 1 atom stereocenters. The van der Waals surface area contributed by atoms with E-state index < -0.39 is 0 Å². The minimum absolute atomic E-state index is 0.00666. The van der Waals surface area contributed by atoms with Crippen molar-refractivity contribution in [3.8, 4) is 28.4 Å². The molecular weight excluding hydrogens is 623 g/mol. The molecule has 0 spiro atoms. The van der Waals surface area contributed by atoms with Gasteiger partial charge in [0.2, 0.25) is 17.7 Å². The molecule has 0 bridgehead atoms. The molecule has 12 heteroatoms. The van der Waals surface area contributed by atoms with E-state index in [9.17, 15) is 14.4 Å². The second kappa shape index (κ2) is 13.2. The molecule has 2 aromatic carbocycles. The lowest BCUT2D eigenvalue weighted by molar-refractivity contribution is -0.137. The van der Waals surface area contributed by atoms with Gasteiger partial charge in [0.25, 0.3) is 0 Å². The standard InChI is InChI=1S/C34H37N5O5S2/c1-21-9-6-10-24(22(21)2)39-34-31(32(35-39)30-25(43-4)11-7-12-26(30)44-5)33(27-13-8-18-45-27)46-20-29(42)38(34)19-28(41)37-16-14-36(15-17-37)23(3)40/h6-13,18,33H,14-17,19-20H2,1-5H3/t33-/m0/s1. The van der Waals surface area contributed by atoms with Crippen molar-refractivity contribution in [3.05, 3.63) is 75.5 Å². The third kappa shape index (κ3) is 5.75. The number of methoxy groups -OCH3 is 2. The molecule has 10 nitrogen and oxygen atoms in total. The van der Waals surface area contributed by atoms with Crippen LogP contribution in [0.25, 0.3) is 16.9 Å². The first-order valence-corrected chi connectivity index (χ1v) is 17.1. The number of fused-ring (bicyclic) bond motifs is 1. The molecule has 4 heterocycles. The SMILES string of the molecule is COc1cccc(OC)c1-c1nn(-c2cccc(C)c2C)c2c1[C@H](c1cccs1)SCC(=O)N2CC(=O)N1CCN(C(C)=O)CC1. The van der Waals surface area contributed by atoms with E-state index in [2.05, 4.69) is 6.07 Å². The number of aryl methyl sites for hydroxylation is 1. The molecule has 0 radical (unpaired) electrons. The van der Waals surface area contributed by atoms with Gasteiger partial charge in [0, 0.05) is 43.5 Å². The average Bonchev–Trinajstić information content (AvgIpc) is 3.71. The third-order valence-electron chi connectivity index (χ3n) is 8.73. The van der Waals surface area contributed by atoms with Crippen molar-refractivity contribution >= 4 is 46.6 Å². The summed E-state index contributed by atoms with van der Waals surface area (Å²) in [7, 11) is 3.23. The minimum Gasteiger partial charge on any atom is -0.496 e. The first-order valence-electron chi connectivity index (χ1n) is 15.1. The highest BCUT2D eigenvalue weighted by Gasteiger charge is 2.40. The smallest absolute Gasteiger partial charge is 0.242 e. The van der Waals surface area contributed by atoms with Gasteiger partial charge in [0.1, 0.15) is 29.6 Å². The summed E-state index contributed by atoms with van der Waals surface area (Å²) in [6.07, 6.45) is 0. The van der Waals surface area contributed by atoms with Crippen LogP contribution in [0.1, 0.15) is 33.7 Å². The molecule has 240 valence electrons. The summed E-state index contributed by atoms with van der Waals surface area (Å²) in [5.41, 5.74) is 5.02. The number of piperazine rings is 1. The molecule has 0 N–H and O–H groups in total. The molecule has 6 rings (SSSR count). The molecule has 0 aliphatic carbocycles. The number of thioether (sulfide) groups is 1. The van der Waals surface area contributed by atoms with E-state index in [1.807, 2.05) is 66.4 Å². The number of nitrogens with zero attached hydrogens (tertiary/aromatic N) is 5. The van der Waals surface area contributed by atoms with Crippen LogP contribution in [0.3, 0.4) is 0 Å². The van der Waals surface area contributed by atoms with Crippen LogP contribution < -0.4 is 14.4 Å². The Hall–Kier alpha value is -4.29. The van der Waals surface area contributed by atoms with E-state index in [1.165, 1.54) is 11.8 Å². The van der Waals surface area contributed by atoms with E-state index in [0.717, 1.165) is 27.3 Å². The average molecular weight is 660 g/mol. The number of ether oxygens (including phenoxy) is 2. The van der Waals surface area contributed by atoms with Crippen LogP contribution in [-0.2, 0) is 14.4 Å². The second-order valence-corrected chi connectivity index (χ2v) is 13.4. The van der Waals surface area contributed by atoms with Crippen LogP contribution in [0.15, 0.2) is 53.9 Å². The van der Waals surface area contributed by atoms with Crippen molar-refractivity contribution in [1.29, 1.82) is 0 Å². The predicted molar refractivity (Wildman–Crippen MR) is 181 cm³/mol. The van der Waals surface area contributed by atoms with Crippen LogP contribution in [0.4, 0.5) is 5.82 Å². The fourth-order valence-corrected chi connectivity index (χ4v) is 8.27. The number of carbonyl (C=O) groups is 3. The second-order valence-electron chi connectivity index (χ2n) is 11.3. The molecular formula is C34H37N5O5S2. The number of hydrogen-bond acceptors (Lipinski definition) is 8. The summed E-state index contributed by atoms with van der Waals surface area (Å²) in [5.74, 6) is 1.55. The van der Waals surface area contributed by atoms with Crippen molar-refractivity contribution in [1.82, 2.24) is 19.6 Å². The minimum atomic E-state index is -0.248. The largest absolute Gasteiger partial charge is 0.496 e. The monoisotopic (exact) mass is 659 g/mol. The Morgan fingerprint density at radius 1 is 0.935 bits per heavy atom. The summed E-state index contributed by atoms with van der Waals surface area (Å²) in [5, 5.41) is 7.05. The Morgan fingerprint density at radius 2 is 1.61 bits per heavy atom. The Labute approximate surface area is 276 Å². The van der Waals surface area contributed by atoms with Crippen LogP contribution in [0.5, 0.6) is 11.5 Å². The van der Waals surface area contributed by atoms with Crippen molar-refractivity contribution in [2.45, 2.75) is 26.0 Å². The van der Waals surface area contributed by atoms with Crippen LogP contribution >= 0.6 is 23.1 Å². The van der Waals surface area contributed by atoms with Gasteiger partial charge in [-0.05, 0) is 54.6 Å². The number of anilines is 1. The fourth-order valence-electron chi connectivity index (χ4n) is 6.09. The van der Waals surface area contributed by atoms with Gasteiger partial charge in [-0.25, -0.2) is 4.68 Å². The normalized spacial score (nSPS) is 16.7. The van der Waals surface area contributed by atoms with Gasteiger partial charge in [0.05, 0.1) is 36.5 Å². The van der Waals surface area contributed by atoms with Crippen molar-refractivity contribution < 1.29 is 23.9 Å². The lowest BCUT2D eigenvalue weighted by atomic mass is 10.0. The van der Waals surface area contributed by atoms with Crippen molar-refractivity contribution in [3.63, 3.8) is 0 Å². The zero-order valence-corrected chi connectivity index (χ0v) is 28.2. The van der Waals surface area contributed by atoms with Gasteiger partial charge in [-0.1, -0.05) is 24.3 Å². The molecule has 2 aliphatic heterocycles. The predicted octanol–water partition coefficient (Wildman–Crippen LogP) is 5.09. The summed E-state index contributed by atoms with van der Waals surface area (Å²) in [4.78, 5) is 46.2. The van der Waals surface area contributed by atoms with Gasteiger partial charge in [0.15, 0.2) is 0 Å². The quantitative estimate of drug-likeness (QED) is 0.273. The van der Waals surface area contributed by atoms with Gasteiger partial charge in [-0.2, -0.15) is 5.10 Å². The zero-order valence-electron chi connectivity index (χ0n) is 26.6. The highest BCUT2D eigenvalue weighted by atomic mass is 32.2. The van der Waals surface area contributed by atoms with Crippen molar-refractivity contribution in [2.24, 2.45) is 0 Å². The molecule has 1 fully saturated rings. The van der Waals surface area contributed by atoms with E-state index in [0.29, 0.717) is 54.8 Å². The molecule has 0 saturated carbocycles. The van der Waals surface area contributed by atoms with Gasteiger partial charge in [-0.3, -0.25) is 19.3 Å². The van der Waals surface area contributed by atoms with E-state index in [-0.39, 0.29) is 35.3 Å². The first-order chi connectivity index (χ1) is 22.2. The maximum atomic E-state index is 14.2. The topological polar surface area (TPSA) is 97.2 Å². The van der Waals surface area contributed by atoms with E-state index in [1.54, 1.807) is 47.2 Å². The summed E-state index contributed by atoms with van der Waals surface area (Å²) < 4.78 is 13.5. The summed E-state index contributed by atoms with van der Waals surface area (Å²) in [6.45, 7) is 7.24. The van der Waals surface area contributed by atoms with Crippen LogP contribution in [0, 0.1) is 13.8 Å². The molecule has 0 unspecified atom stereocenters. The molecule has 1 saturated heterocycles. The Bertz CT molecular complexity index is 1760. The maximum absolute atomic E-state index is 14.2. The highest BCUT2D eigenvalue weighted by molar-refractivity contribution is 8.00. The van der Waals surface area contributed by atoms with Crippen molar-refractivity contribution in [2.75, 3.05) is 57.6 Å². The van der Waals surface area contributed by atoms with Crippen LogP contribution in [0.2, 0.25) is 0 Å². The molecule has 2 aliphatic rings. The fraction of sp³-hybridized carbons (Fsp3) is 0.353. The summed E-state index contributed by atoms with van der Waals surface area (Å²) >= 11 is 3.15. The Morgan fingerprint density at radius 3 is 2.24 bits per heavy atom. The number of benzene rings is 2. The molecule has 4 aromatic rings.